The van der Waals surface area contributed by atoms with Crippen molar-refractivity contribution in [3.05, 3.63) is 64.6 Å². The van der Waals surface area contributed by atoms with Crippen molar-refractivity contribution >= 4 is 27.7 Å². The molecule has 0 amide bonds. The van der Waals surface area contributed by atoms with E-state index in [0.717, 1.165) is 27.6 Å². The predicted octanol–water partition coefficient (Wildman–Crippen LogP) is 4.48. The van der Waals surface area contributed by atoms with Gasteiger partial charge in [0.1, 0.15) is 0 Å². The fourth-order valence-electron chi connectivity index (χ4n) is 2.19. The first-order chi connectivity index (χ1) is 10.3. The molecule has 0 aliphatic carbocycles. The van der Waals surface area contributed by atoms with Crippen molar-refractivity contribution in [2.45, 2.75) is 11.7 Å². The molecule has 2 aromatic carbocycles. The Morgan fingerprint density at radius 3 is 2.43 bits per heavy atom. The van der Waals surface area contributed by atoms with Crippen LogP contribution in [0.15, 0.2) is 64.2 Å². The van der Waals surface area contributed by atoms with Gasteiger partial charge >= 0.3 is 0 Å². The molecule has 0 unspecified atom stereocenters. The summed E-state index contributed by atoms with van der Waals surface area (Å²) < 4.78 is 3.18. The zero-order chi connectivity index (χ0) is 14.7. The minimum atomic E-state index is 0.765. The third-order valence-corrected chi connectivity index (χ3v) is 4.56. The van der Waals surface area contributed by atoms with Gasteiger partial charge in [-0.25, -0.2) is 0 Å². The largest absolute Gasteiger partial charge is 0.298 e. The highest BCUT2D eigenvalue weighted by atomic mass is 79.9. The summed E-state index contributed by atoms with van der Waals surface area (Å²) in [4.78, 5) is 0. The summed E-state index contributed by atoms with van der Waals surface area (Å²) >= 11 is 5.21. The van der Waals surface area contributed by atoms with Crippen LogP contribution >= 0.6 is 27.7 Å². The Morgan fingerprint density at radius 2 is 1.71 bits per heavy atom. The maximum absolute atomic E-state index is 4.38. The van der Waals surface area contributed by atoms with Gasteiger partial charge in [0.2, 0.25) is 0 Å². The third kappa shape index (κ3) is 3.04. The quantitative estimate of drug-likeness (QED) is 0.643. The molecule has 3 aromatic rings. The molecule has 106 valence electrons. The van der Waals surface area contributed by atoms with Crippen LogP contribution in [0.25, 0.3) is 11.4 Å². The van der Waals surface area contributed by atoms with Crippen LogP contribution in [0, 0.1) is 0 Å². The number of hydrogen-bond acceptors (Lipinski definition) is 3. The van der Waals surface area contributed by atoms with Crippen molar-refractivity contribution in [3.8, 4) is 11.4 Å². The molecule has 0 aliphatic heterocycles. The second-order valence-electron chi connectivity index (χ2n) is 4.56. The number of aromatic nitrogens is 3. The summed E-state index contributed by atoms with van der Waals surface area (Å²) in [6.07, 6.45) is 2.02. The second kappa shape index (κ2) is 6.45. The molecule has 0 bridgehead atoms. The van der Waals surface area contributed by atoms with Crippen LogP contribution in [0.2, 0.25) is 0 Å². The first-order valence-corrected chi connectivity index (χ1v) is 8.57. The minimum Gasteiger partial charge on any atom is -0.298 e. The SMILES string of the molecule is CSc1nnc(-c2ccccc2Br)n1Cc1ccccc1. The highest BCUT2D eigenvalue weighted by Gasteiger charge is 2.15. The maximum Gasteiger partial charge on any atom is 0.191 e. The second-order valence-corrected chi connectivity index (χ2v) is 6.19. The van der Waals surface area contributed by atoms with Crippen molar-refractivity contribution < 1.29 is 0 Å². The van der Waals surface area contributed by atoms with Crippen molar-refractivity contribution in [2.24, 2.45) is 0 Å². The highest BCUT2D eigenvalue weighted by molar-refractivity contribution is 9.10. The zero-order valence-electron chi connectivity index (χ0n) is 11.5. The van der Waals surface area contributed by atoms with Gasteiger partial charge in [0, 0.05) is 10.0 Å². The first-order valence-electron chi connectivity index (χ1n) is 6.55. The van der Waals surface area contributed by atoms with E-state index in [-0.39, 0.29) is 0 Å². The number of nitrogens with zero attached hydrogens (tertiary/aromatic N) is 3. The molecule has 0 aliphatic rings. The van der Waals surface area contributed by atoms with E-state index in [0.29, 0.717) is 0 Å². The number of hydrogen-bond donors (Lipinski definition) is 0. The summed E-state index contributed by atoms with van der Waals surface area (Å²) in [6.45, 7) is 0.765. The van der Waals surface area contributed by atoms with Crippen LogP contribution in [0.1, 0.15) is 5.56 Å². The lowest BCUT2D eigenvalue weighted by molar-refractivity contribution is 0.715. The molecular formula is C16H14BrN3S. The van der Waals surface area contributed by atoms with Crippen molar-refractivity contribution in [2.75, 3.05) is 6.26 Å². The van der Waals surface area contributed by atoms with Crippen LogP contribution in [0.3, 0.4) is 0 Å². The van der Waals surface area contributed by atoms with Gasteiger partial charge < -0.3 is 0 Å². The fourth-order valence-corrected chi connectivity index (χ4v) is 3.15. The lowest BCUT2D eigenvalue weighted by Crippen LogP contribution is -2.04. The highest BCUT2D eigenvalue weighted by Crippen LogP contribution is 2.29. The summed E-state index contributed by atoms with van der Waals surface area (Å²) in [7, 11) is 0. The Balaban J connectivity index is 2.07. The smallest absolute Gasteiger partial charge is 0.191 e. The molecule has 0 saturated carbocycles. The van der Waals surface area contributed by atoms with E-state index in [4.69, 9.17) is 0 Å². The van der Waals surface area contributed by atoms with E-state index in [1.165, 1.54) is 5.56 Å². The summed E-state index contributed by atoms with van der Waals surface area (Å²) in [6, 6.07) is 18.5. The van der Waals surface area contributed by atoms with Crippen LogP contribution in [-0.4, -0.2) is 21.0 Å². The van der Waals surface area contributed by atoms with Gasteiger partial charge in [-0.1, -0.05) is 76.2 Å². The molecule has 3 nitrogen and oxygen atoms in total. The number of thioether (sulfide) groups is 1. The lowest BCUT2D eigenvalue weighted by Gasteiger charge is -2.10. The number of halogens is 1. The number of benzene rings is 2. The van der Waals surface area contributed by atoms with E-state index in [9.17, 15) is 0 Å². The monoisotopic (exact) mass is 359 g/mol. The molecule has 0 N–H and O–H groups in total. The third-order valence-electron chi connectivity index (χ3n) is 3.20. The van der Waals surface area contributed by atoms with Gasteiger partial charge in [0.05, 0.1) is 6.54 Å². The Morgan fingerprint density at radius 1 is 1.00 bits per heavy atom. The molecule has 0 saturated heterocycles. The Bertz CT molecular complexity index is 740. The van der Waals surface area contributed by atoms with Gasteiger partial charge in [-0.3, -0.25) is 4.57 Å². The summed E-state index contributed by atoms with van der Waals surface area (Å²) in [5.41, 5.74) is 2.29. The summed E-state index contributed by atoms with van der Waals surface area (Å²) in [5.74, 6) is 0.885. The van der Waals surface area contributed by atoms with Crippen molar-refractivity contribution in [1.29, 1.82) is 0 Å². The molecule has 1 heterocycles. The van der Waals surface area contributed by atoms with Crippen LogP contribution in [-0.2, 0) is 6.54 Å². The van der Waals surface area contributed by atoms with E-state index < -0.39 is 0 Å². The Labute approximate surface area is 136 Å². The Kier molecular flexibility index (Phi) is 4.41. The van der Waals surface area contributed by atoms with Gasteiger partial charge in [0.25, 0.3) is 0 Å². The van der Waals surface area contributed by atoms with Gasteiger partial charge in [0.15, 0.2) is 11.0 Å². The maximum atomic E-state index is 4.38. The van der Waals surface area contributed by atoms with Crippen molar-refractivity contribution in [1.82, 2.24) is 14.8 Å². The molecule has 21 heavy (non-hydrogen) atoms. The van der Waals surface area contributed by atoms with Gasteiger partial charge in [-0.2, -0.15) is 0 Å². The Hall–Kier alpha value is -1.59. The predicted molar refractivity (Wildman–Crippen MR) is 90.5 cm³/mol. The van der Waals surface area contributed by atoms with Gasteiger partial charge in [-0.05, 0) is 17.9 Å². The average Bonchev–Trinajstić information content (AvgIpc) is 2.91. The van der Waals surface area contributed by atoms with Crippen LogP contribution < -0.4 is 0 Å². The normalized spacial score (nSPS) is 10.8. The molecule has 3 rings (SSSR count). The molecule has 0 fully saturated rings. The van der Waals surface area contributed by atoms with Crippen LogP contribution in [0.4, 0.5) is 0 Å². The molecule has 0 radical (unpaired) electrons. The zero-order valence-corrected chi connectivity index (χ0v) is 13.9. The van der Waals surface area contributed by atoms with Gasteiger partial charge in [-0.15, -0.1) is 10.2 Å². The average molecular weight is 360 g/mol. The summed E-state index contributed by atoms with van der Waals surface area (Å²) in [5, 5.41) is 9.60. The molecular weight excluding hydrogens is 346 g/mol. The van der Waals surface area contributed by atoms with Crippen LogP contribution in [0.5, 0.6) is 0 Å². The standard InChI is InChI=1S/C16H14BrN3S/c1-21-16-19-18-15(13-9-5-6-10-14(13)17)20(16)11-12-7-3-2-4-8-12/h2-10H,11H2,1H3. The van der Waals surface area contributed by atoms with E-state index in [2.05, 4.69) is 61.0 Å². The lowest BCUT2D eigenvalue weighted by atomic mass is 10.2. The van der Waals surface area contributed by atoms with E-state index in [1.807, 2.05) is 30.5 Å². The van der Waals surface area contributed by atoms with E-state index in [1.54, 1.807) is 11.8 Å². The first kappa shape index (κ1) is 14.4. The van der Waals surface area contributed by atoms with E-state index >= 15 is 0 Å². The molecule has 5 heteroatoms. The molecule has 0 spiro atoms. The fraction of sp³-hybridized carbons (Fsp3) is 0.125. The minimum absolute atomic E-state index is 0.765. The molecule has 1 aromatic heterocycles. The van der Waals surface area contributed by atoms with Crippen molar-refractivity contribution in [3.63, 3.8) is 0 Å². The molecule has 0 atom stereocenters. The number of rotatable bonds is 4. The topological polar surface area (TPSA) is 30.7 Å².